The Morgan fingerprint density at radius 2 is 1.06 bits per heavy atom. The van der Waals surface area contributed by atoms with Gasteiger partial charge in [0.1, 0.15) is 34.7 Å². The van der Waals surface area contributed by atoms with E-state index in [4.69, 9.17) is 24.2 Å². The SMILES string of the molecule is COCCN1CCN(c2ncc3ncnc(Nc4cc(C(=O)O)ccc4C)c3n2)CC1.COCCN1CCN(c2ncc3ncnc(Nc4cc(C(=O)OC)ccc4C)c3n2)CC1.[Li+].[OH-]. The van der Waals surface area contributed by atoms with Crippen LogP contribution >= 0.6 is 0 Å². The van der Waals surface area contributed by atoms with E-state index in [9.17, 15) is 14.7 Å². The van der Waals surface area contributed by atoms with E-state index in [1.54, 1.807) is 56.9 Å². The Bertz CT molecular complexity index is 2540. The molecule has 0 aliphatic carbocycles. The molecule has 4 N–H and O–H groups in total. The molecule has 2 aromatic carbocycles. The van der Waals surface area contributed by atoms with Crippen LogP contribution in [0.25, 0.3) is 22.1 Å². The fourth-order valence-electron chi connectivity index (χ4n) is 7.11. The molecule has 0 radical (unpaired) electrons. The van der Waals surface area contributed by atoms with Gasteiger partial charge >= 0.3 is 30.8 Å². The summed E-state index contributed by atoms with van der Waals surface area (Å²) in [5, 5.41) is 15.8. The zero-order valence-electron chi connectivity index (χ0n) is 37.6. The van der Waals surface area contributed by atoms with Crippen LogP contribution in [0.2, 0.25) is 0 Å². The largest absolute Gasteiger partial charge is 1.00 e. The standard InChI is InChI=1S/C22H27N7O3.C21H25N7O3.Li.H2O/c1-15-4-5-16(21(30)32-3)12-17(15)26-20-19-18(24-14-25-20)13-23-22(27-19)29-8-6-28(7-9-29)10-11-31-2;1-14-3-4-15(20(29)30)11-16(14)25-19-18-17(23-13-24-19)12-22-21(26-18)28-7-5-27(6-8-28)9-10-31-2;;/h4-5,12-14H,6-11H2,1-3H3,(H,24,25,26);3-4,11-13H,5-10H2,1-2H3,(H,29,30)(H,23,24,25);;1H2/q;;+1;/p-1. The average Bonchev–Trinajstić information content (AvgIpc) is 3.31. The van der Waals surface area contributed by atoms with E-state index >= 15 is 0 Å². The summed E-state index contributed by atoms with van der Waals surface area (Å²) < 4.78 is 15.2. The average molecular weight is 885 g/mol. The normalized spacial score (nSPS) is 14.2. The van der Waals surface area contributed by atoms with Crippen molar-refractivity contribution < 1.29 is 53.2 Å². The first-order valence-electron chi connectivity index (χ1n) is 20.6. The fraction of sp³-hybridized carbons (Fsp3) is 0.395. The van der Waals surface area contributed by atoms with Crippen molar-refractivity contribution in [2.45, 2.75) is 13.8 Å². The second kappa shape index (κ2) is 23.7. The molecule has 21 nitrogen and oxygen atoms in total. The number of nitrogens with zero attached hydrogens (tertiary/aromatic N) is 12. The maximum atomic E-state index is 11.9. The molecular formula is C43H53LiN14O7. The van der Waals surface area contributed by atoms with Crippen molar-refractivity contribution in [2.24, 2.45) is 0 Å². The predicted molar refractivity (Wildman–Crippen MR) is 240 cm³/mol. The molecule has 8 rings (SSSR count). The number of fused-ring (bicyclic) bond motifs is 2. The summed E-state index contributed by atoms with van der Waals surface area (Å²) in [6.07, 6.45) is 6.34. The predicted octanol–water partition coefficient (Wildman–Crippen LogP) is 0.792. The Morgan fingerprint density at radius 1 is 0.631 bits per heavy atom. The number of benzene rings is 2. The number of methoxy groups -OCH3 is 3. The van der Waals surface area contributed by atoms with Crippen molar-refractivity contribution in [3.63, 3.8) is 0 Å². The van der Waals surface area contributed by atoms with Gasteiger partial charge < -0.3 is 45.2 Å². The molecule has 22 heteroatoms. The van der Waals surface area contributed by atoms with Crippen molar-refractivity contribution in [1.29, 1.82) is 0 Å². The van der Waals surface area contributed by atoms with E-state index in [1.807, 2.05) is 19.9 Å². The van der Waals surface area contributed by atoms with Crippen molar-refractivity contribution in [3.05, 3.63) is 83.7 Å². The van der Waals surface area contributed by atoms with Crippen LogP contribution in [-0.4, -0.2) is 172 Å². The quantitative estimate of drug-likeness (QED) is 0.101. The van der Waals surface area contributed by atoms with E-state index in [2.05, 4.69) is 60.1 Å². The van der Waals surface area contributed by atoms with Crippen molar-refractivity contribution in [3.8, 4) is 0 Å². The summed E-state index contributed by atoms with van der Waals surface area (Å²) in [5.74, 6) is 0.981. The second-order valence-electron chi connectivity index (χ2n) is 15.0. The van der Waals surface area contributed by atoms with Gasteiger partial charge in [-0.05, 0) is 49.2 Å². The number of anilines is 6. The van der Waals surface area contributed by atoms with Gasteiger partial charge in [0.25, 0.3) is 0 Å². The van der Waals surface area contributed by atoms with Crippen LogP contribution < -0.4 is 39.3 Å². The van der Waals surface area contributed by atoms with E-state index < -0.39 is 11.9 Å². The van der Waals surface area contributed by atoms with Crippen LogP contribution in [0.3, 0.4) is 0 Å². The third kappa shape index (κ3) is 12.5. The molecule has 2 aliphatic heterocycles. The van der Waals surface area contributed by atoms with Crippen molar-refractivity contribution in [1.82, 2.24) is 49.7 Å². The van der Waals surface area contributed by atoms with Crippen molar-refractivity contribution >= 4 is 68.9 Å². The molecule has 0 saturated carbocycles. The Kier molecular flexibility index (Phi) is 18.1. The zero-order chi connectivity index (χ0) is 44.3. The van der Waals surface area contributed by atoms with Crippen LogP contribution in [-0.2, 0) is 14.2 Å². The molecule has 2 saturated heterocycles. The number of aryl methyl sites for hydroxylation is 2. The van der Waals surface area contributed by atoms with Crippen LogP contribution in [0.5, 0.6) is 0 Å². The number of carboxylic acid groups (broad SMARTS) is 1. The van der Waals surface area contributed by atoms with Gasteiger partial charge in [-0.25, -0.2) is 49.5 Å². The number of esters is 1. The number of ether oxygens (including phenoxy) is 3. The number of piperazine rings is 2. The molecule has 2 fully saturated rings. The van der Waals surface area contributed by atoms with Crippen LogP contribution in [0.15, 0.2) is 61.4 Å². The van der Waals surface area contributed by atoms with Gasteiger partial charge in [0, 0.05) is 91.0 Å². The van der Waals surface area contributed by atoms with E-state index in [1.165, 1.54) is 19.8 Å². The van der Waals surface area contributed by atoms with E-state index in [0.717, 1.165) is 95.5 Å². The molecule has 0 unspecified atom stereocenters. The van der Waals surface area contributed by atoms with E-state index in [0.29, 0.717) is 56.9 Å². The molecule has 6 aromatic rings. The first-order valence-corrected chi connectivity index (χ1v) is 20.6. The molecule has 6 heterocycles. The minimum atomic E-state index is -0.982. The molecular weight excluding hydrogens is 832 g/mol. The number of carbonyl (C=O) groups is 2. The summed E-state index contributed by atoms with van der Waals surface area (Å²) in [5.41, 5.74) is 6.42. The molecule has 4 aromatic heterocycles. The van der Waals surface area contributed by atoms with E-state index in [-0.39, 0.29) is 29.9 Å². The van der Waals surface area contributed by atoms with Gasteiger partial charge in [-0.2, -0.15) is 0 Å². The molecule has 65 heavy (non-hydrogen) atoms. The van der Waals surface area contributed by atoms with Crippen LogP contribution in [0.1, 0.15) is 31.8 Å². The number of hydrogen-bond donors (Lipinski definition) is 3. The second-order valence-corrected chi connectivity index (χ2v) is 15.0. The van der Waals surface area contributed by atoms with Crippen LogP contribution in [0.4, 0.5) is 34.9 Å². The summed E-state index contributed by atoms with van der Waals surface area (Å²) in [4.78, 5) is 68.2. The first-order chi connectivity index (χ1) is 30.6. The summed E-state index contributed by atoms with van der Waals surface area (Å²) in [6, 6.07) is 10.3. The number of nitrogens with one attached hydrogen (secondary N) is 2. The van der Waals surface area contributed by atoms with Crippen molar-refractivity contribution in [2.75, 3.05) is 120 Å². The maximum absolute atomic E-state index is 11.9. The summed E-state index contributed by atoms with van der Waals surface area (Å²) in [6.45, 7) is 14.2. The molecule has 2 aliphatic rings. The number of aromatic carboxylic acids is 1. The zero-order valence-corrected chi connectivity index (χ0v) is 37.6. The topological polar surface area (TPSA) is 252 Å². The van der Waals surface area contributed by atoms with Gasteiger partial charge in [0.05, 0.1) is 43.8 Å². The minimum absolute atomic E-state index is 0. The third-order valence-electron chi connectivity index (χ3n) is 10.9. The molecule has 0 spiro atoms. The van der Waals surface area contributed by atoms with Gasteiger partial charge in [0.2, 0.25) is 11.9 Å². The number of carbonyl (C=O) groups excluding carboxylic acids is 1. The molecule has 0 atom stereocenters. The molecule has 0 bridgehead atoms. The van der Waals surface area contributed by atoms with Crippen LogP contribution in [0, 0.1) is 13.8 Å². The Morgan fingerprint density at radius 3 is 1.48 bits per heavy atom. The van der Waals surface area contributed by atoms with Gasteiger partial charge in [-0.15, -0.1) is 0 Å². The number of rotatable bonds is 14. The molecule has 0 amide bonds. The maximum Gasteiger partial charge on any atom is 1.00 e. The van der Waals surface area contributed by atoms with Gasteiger partial charge in [0.15, 0.2) is 11.6 Å². The van der Waals surface area contributed by atoms with Gasteiger partial charge in [-0.3, -0.25) is 9.80 Å². The smallest absolute Gasteiger partial charge is 0.870 e. The minimum Gasteiger partial charge on any atom is -0.870 e. The summed E-state index contributed by atoms with van der Waals surface area (Å²) >= 11 is 0. The number of aromatic nitrogens is 8. The molecule has 338 valence electrons. The Hall–Kier alpha value is -6.18. The number of hydrogen-bond acceptors (Lipinski definition) is 20. The monoisotopic (exact) mass is 884 g/mol. The summed E-state index contributed by atoms with van der Waals surface area (Å²) in [7, 11) is 4.80. The Labute approximate surface area is 388 Å². The first kappa shape index (κ1) is 49.8. The fourth-order valence-corrected chi connectivity index (χ4v) is 7.11. The Balaban J connectivity index is 0.000000237. The van der Waals surface area contributed by atoms with Gasteiger partial charge in [-0.1, -0.05) is 12.1 Å². The third-order valence-corrected chi connectivity index (χ3v) is 10.9. The number of carboxylic acids is 1.